The highest BCUT2D eigenvalue weighted by Gasteiger charge is 2.29. The molecular formula is C23H26ClN3O3. The molecule has 2 aromatic carbocycles. The first-order valence-electron chi connectivity index (χ1n) is 10.1. The summed E-state index contributed by atoms with van der Waals surface area (Å²) in [5.74, 6) is -0.622. The molecule has 0 aliphatic carbocycles. The van der Waals surface area contributed by atoms with Crippen LogP contribution in [0.3, 0.4) is 0 Å². The molecule has 0 bridgehead atoms. The normalized spacial score (nSPS) is 16.3. The minimum Gasteiger partial charge on any atom is -0.354 e. The third-order valence-electron chi connectivity index (χ3n) is 4.98. The molecular weight excluding hydrogens is 402 g/mol. The average Bonchev–Trinajstić information content (AvgIpc) is 2.73. The van der Waals surface area contributed by atoms with E-state index in [0.29, 0.717) is 34.9 Å². The smallest absolute Gasteiger partial charge is 0.255 e. The number of nitrogens with one attached hydrogen (secondary N) is 2. The minimum absolute atomic E-state index is 0.00789. The van der Waals surface area contributed by atoms with E-state index in [-0.39, 0.29) is 29.7 Å². The summed E-state index contributed by atoms with van der Waals surface area (Å²) in [6.45, 7) is 4.87. The average molecular weight is 428 g/mol. The summed E-state index contributed by atoms with van der Waals surface area (Å²) in [5.41, 5.74) is 1.49. The van der Waals surface area contributed by atoms with Gasteiger partial charge < -0.3 is 15.5 Å². The number of rotatable bonds is 5. The van der Waals surface area contributed by atoms with E-state index in [9.17, 15) is 14.4 Å². The molecule has 0 radical (unpaired) electrons. The number of amides is 3. The molecule has 1 heterocycles. The molecule has 30 heavy (non-hydrogen) atoms. The number of carbonyl (C=O) groups is 3. The molecule has 1 fully saturated rings. The highest BCUT2D eigenvalue weighted by Crippen LogP contribution is 2.21. The van der Waals surface area contributed by atoms with E-state index in [1.807, 2.05) is 13.8 Å². The number of carbonyl (C=O) groups excluding carboxylic acids is 3. The van der Waals surface area contributed by atoms with Gasteiger partial charge in [-0.05, 0) is 69.2 Å². The molecule has 1 aliphatic rings. The lowest BCUT2D eigenvalue weighted by molar-refractivity contribution is -0.126. The van der Waals surface area contributed by atoms with Gasteiger partial charge in [-0.25, -0.2) is 0 Å². The predicted molar refractivity (Wildman–Crippen MR) is 118 cm³/mol. The summed E-state index contributed by atoms with van der Waals surface area (Å²) in [6.07, 6.45) is 1.56. The largest absolute Gasteiger partial charge is 0.354 e. The van der Waals surface area contributed by atoms with Crippen LogP contribution in [0.2, 0.25) is 5.02 Å². The van der Waals surface area contributed by atoms with Gasteiger partial charge in [0.05, 0.1) is 5.92 Å². The molecule has 3 amide bonds. The molecule has 1 saturated heterocycles. The van der Waals surface area contributed by atoms with Crippen LogP contribution in [-0.4, -0.2) is 41.8 Å². The van der Waals surface area contributed by atoms with Crippen molar-refractivity contribution >= 4 is 35.0 Å². The van der Waals surface area contributed by atoms with Gasteiger partial charge in [0.15, 0.2) is 0 Å². The second-order valence-corrected chi connectivity index (χ2v) is 8.23. The fraction of sp³-hybridized carbons (Fsp3) is 0.348. The Morgan fingerprint density at radius 2 is 1.80 bits per heavy atom. The van der Waals surface area contributed by atoms with Crippen molar-refractivity contribution in [3.8, 4) is 0 Å². The maximum Gasteiger partial charge on any atom is 0.255 e. The van der Waals surface area contributed by atoms with Crippen molar-refractivity contribution in [1.82, 2.24) is 10.2 Å². The molecule has 0 saturated carbocycles. The first-order valence-corrected chi connectivity index (χ1v) is 10.5. The fourth-order valence-electron chi connectivity index (χ4n) is 3.50. The monoisotopic (exact) mass is 427 g/mol. The Bertz CT molecular complexity index is 928. The van der Waals surface area contributed by atoms with Crippen LogP contribution in [0.5, 0.6) is 0 Å². The topological polar surface area (TPSA) is 78.5 Å². The van der Waals surface area contributed by atoms with Gasteiger partial charge in [-0.15, -0.1) is 0 Å². The Kier molecular flexibility index (Phi) is 7.11. The zero-order valence-electron chi connectivity index (χ0n) is 17.2. The fourth-order valence-corrected chi connectivity index (χ4v) is 3.62. The third kappa shape index (κ3) is 5.60. The number of hydrogen-bond acceptors (Lipinski definition) is 3. The Balaban J connectivity index is 1.67. The number of halogens is 1. The molecule has 158 valence electrons. The Labute approximate surface area is 181 Å². The number of nitrogens with zero attached hydrogens (tertiary/aromatic N) is 1. The van der Waals surface area contributed by atoms with Crippen LogP contribution in [0, 0.1) is 5.92 Å². The standard InChI is InChI=1S/C23H26ClN3O3/c1-15(2)25-22(29)18-6-4-12-27(14-18)23(30)17-5-3-7-20(13-17)26-21(28)16-8-10-19(24)11-9-16/h3,5,7-11,13,15,18H,4,6,12,14H2,1-2H3,(H,25,29)(H,26,28)/t18-/m0/s1. The van der Waals surface area contributed by atoms with Crippen LogP contribution in [-0.2, 0) is 4.79 Å². The van der Waals surface area contributed by atoms with Crippen molar-refractivity contribution in [1.29, 1.82) is 0 Å². The zero-order valence-corrected chi connectivity index (χ0v) is 17.9. The zero-order chi connectivity index (χ0) is 21.7. The second-order valence-electron chi connectivity index (χ2n) is 7.80. The molecule has 0 spiro atoms. The predicted octanol–water partition coefficient (Wildman–Crippen LogP) is 3.97. The van der Waals surface area contributed by atoms with E-state index < -0.39 is 0 Å². The lowest BCUT2D eigenvalue weighted by Gasteiger charge is -2.32. The molecule has 7 heteroatoms. The number of benzene rings is 2. The SMILES string of the molecule is CC(C)NC(=O)[C@H]1CCCN(C(=O)c2cccc(NC(=O)c3ccc(Cl)cc3)c2)C1. The summed E-state index contributed by atoms with van der Waals surface area (Å²) in [5, 5.41) is 6.29. The molecule has 2 aromatic rings. The van der Waals surface area contributed by atoms with Crippen molar-refractivity contribution in [2.24, 2.45) is 5.92 Å². The van der Waals surface area contributed by atoms with E-state index in [1.165, 1.54) is 0 Å². The summed E-state index contributed by atoms with van der Waals surface area (Å²) in [7, 11) is 0. The second kappa shape index (κ2) is 9.76. The van der Waals surface area contributed by atoms with Crippen LogP contribution in [0.4, 0.5) is 5.69 Å². The summed E-state index contributed by atoms with van der Waals surface area (Å²) in [6, 6.07) is 13.5. The number of likely N-dealkylation sites (tertiary alicyclic amines) is 1. The first-order chi connectivity index (χ1) is 14.3. The lowest BCUT2D eigenvalue weighted by Crippen LogP contribution is -2.46. The van der Waals surface area contributed by atoms with E-state index in [0.717, 1.165) is 12.8 Å². The Morgan fingerprint density at radius 3 is 2.50 bits per heavy atom. The summed E-state index contributed by atoms with van der Waals surface area (Å²) in [4.78, 5) is 39.5. The molecule has 6 nitrogen and oxygen atoms in total. The van der Waals surface area contributed by atoms with Gasteiger partial charge in [0.2, 0.25) is 5.91 Å². The first kappa shape index (κ1) is 21.8. The van der Waals surface area contributed by atoms with Gasteiger partial charge in [-0.2, -0.15) is 0 Å². The van der Waals surface area contributed by atoms with Crippen molar-refractivity contribution in [2.45, 2.75) is 32.7 Å². The lowest BCUT2D eigenvalue weighted by atomic mass is 9.96. The van der Waals surface area contributed by atoms with Gasteiger partial charge in [0.25, 0.3) is 11.8 Å². The molecule has 0 unspecified atom stereocenters. The van der Waals surface area contributed by atoms with Crippen LogP contribution < -0.4 is 10.6 Å². The minimum atomic E-state index is -0.278. The summed E-state index contributed by atoms with van der Waals surface area (Å²) < 4.78 is 0. The van der Waals surface area contributed by atoms with E-state index in [2.05, 4.69) is 10.6 Å². The summed E-state index contributed by atoms with van der Waals surface area (Å²) >= 11 is 5.86. The van der Waals surface area contributed by atoms with Crippen molar-refractivity contribution < 1.29 is 14.4 Å². The molecule has 1 atom stereocenters. The van der Waals surface area contributed by atoms with Crippen LogP contribution in [0.25, 0.3) is 0 Å². The van der Waals surface area contributed by atoms with E-state index in [4.69, 9.17) is 11.6 Å². The van der Waals surface area contributed by atoms with Gasteiger partial charge in [0, 0.05) is 41.0 Å². The quantitative estimate of drug-likeness (QED) is 0.757. The van der Waals surface area contributed by atoms with Crippen molar-refractivity contribution in [3.05, 3.63) is 64.7 Å². The molecule has 0 aromatic heterocycles. The number of hydrogen-bond donors (Lipinski definition) is 2. The molecule has 1 aliphatic heterocycles. The van der Waals surface area contributed by atoms with Gasteiger partial charge in [0.1, 0.15) is 0 Å². The van der Waals surface area contributed by atoms with Crippen LogP contribution in [0.1, 0.15) is 47.4 Å². The van der Waals surface area contributed by atoms with Gasteiger partial charge >= 0.3 is 0 Å². The Hall–Kier alpha value is -2.86. The van der Waals surface area contributed by atoms with E-state index in [1.54, 1.807) is 53.4 Å². The van der Waals surface area contributed by atoms with Gasteiger partial charge in [-0.3, -0.25) is 14.4 Å². The van der Waals surface area contributed by atoms with Crippen LogP contribution >= 0.6 is 11.6 Å². The maximum absolute atomic E-state index is 13.0. The number of piperidine rings is 1. The van der Waals surface area contributed by atoms with Crippen molar-refractivity contribution in [2.75, 3.05) is 18.4 Å². The number of anilines is 1. The van der Waals surface area contributed by atoms with Gasteiger partial charge in [-0.1, -0.05) is 17.7 Å². The maximum atomic E-state index is 13.0. The van der Waals surface area contributed by atoms with Crippen molar-refractivity contribution in [3.63, 3.8) is 0 Å². The van der Waals surface area contributed by atoms with E-state index >= 15 is 0 Å². The molecule has 2 N–H and O–H groups in total. The highest BCUT2D eigenvalue weighted by molar-refractivity contribution is 6.30. The Morgan fingerprint density at radius 1 is 1.07 bits per heavy atom. The highest BCUT2D eigenvalue weighted by atomic mass is 35.5. The molecule has 3 rings (SSSR count). The van der Waals surface area contributed by atoms with Crippen LogP contribution in [0.15, 0.2) is 48.5 Å². The third-order valence-corrected chi connectivity index (χ3v) is 5.24.